The zero-order valence-electron chi connectivity index (χ0n) is 9.83. The maximum Gasteiger partial charge on any atom is 0.112 e. The van der Waals surface area contributed by atoms with E-state index in [1.165, 1.54) is 0 Å². The maximum absolute atomic E-state index is 9.35. The van der Waals surface area contributed by atoms with Crippen molar-refractivity contribution in [3.8, 4) is 0 Å². The van der Waals surface area contributed by atoms with Crippen molar-refractivity contribution < 1.29 is 9.84 Å². The average Bonchev–Trinajstić information content (AvgIpc) is 2.35. The molecule has 0 saturated carbocycles. The molecule has 17 heavy (non-hydrogen) atoms. The molecule has 0 bridgehead atoms. The van der Waals surface area contributed by atoms with E-state index in [0.717, 1.165) is 5.56 Å². The number of allylic oxidation sites excluding steroid dienone is 2. The van der Waals surface area contributed by atoms with Gasteiger partial charge in [0.15, 0.2) is 0 Å². The fraction of sp³-hybridized carbons (Fsp3) is 0.200. The molecule has 0 aliphatic heterocycles. The first-order chi connectivity index (χ1) is 8.33. The van der Waals surface area contributed by atoms with Gasteiger partial charge in [-0.05, 0) is 18.1 Å². The van der Waals surface area contributed by atoms with Crippen molar-refractivity contribution in [2.24, 2.45) is 0 Å². The number of aliphatic hydroxyl groups is 1. The van der Waals surface area contributed by atoms with Crippen molar-refractivity contribution in [2.45, 2.75) is 19.1 Å². The van der Waals surface area contributed by atoms with Gasteiger partial charge < -0.3 is 9.84 Å². The Labute approximate surface area is 103 Å². The monoisotopic (exact) mass is 230 g/mol. The Morgan fingerprint density at radius 2 is 2.00 bits per heavy atom. The molecule has 1 N–H and O–H groups in total. The van der Waals surface area contributed by atoms with Crippen LogP contribution in [0, 0.1) is 0 Å². The lowest BCUT2D eigenvalue weighted by Crippen LogP contribution is -1.98. The molecular weight excluding hydrogens is 212 g/mol. The van der Waals surface area contributed by atoms with Gasteiger partial charge in [-0.25, -0.2) is 0 Å². The smallest absolute Gasteiger partial charge is 0.112 e. The van der Waals surface area contributed by atoms with Crippen LogP contribution in [0.1, 0.15) is 12.0 Å². The van der Waals surface area contributed by atoms with Gasteiger partial charge in [-0.2, -0.15) is 0 Å². The molecular formula is C15H18O2. The molecule has 90 valence electrons. The van der Waals surface area contributed by atoms with Gasteiger partial charge in [-0.1, -0.05) is 48.6 Å². The highest BCUT2D eigenvalue weighted by Gasteiger charge is 1.91. The molecule has 0 amide bonds. The van der Waals surface area contributed by atoms with Gasteiger partial charge in [0.25, 0.3) is 0 Å². The molecule has 0 saturated heterocycles. The highest BCUT2D eigenvalue weighted by atomic mass is 16.5. The Bertz CT molecular complexity index is 366. The van der Waals surface area contributed by atoms with Crippen molar-refractivity contribution in [1.82, 2.24) is 0 Å². The summed E-state index contributed by atoms with van der Waals surface area (Å²) in [6, 6.07) is 9.96. The first kappa shape index (κ1) is 13.3. The maximum atomic E-state index is 9.35. The SMILES string of the molecule is C=CC[C@H](O)/C=C\C=C\OCc1ccccc1. The topological polar surface area (TPSA) is 29.5 Å². The van der Waals surface area contributed by atoms with Crippen molar-refractivity contribution in [1.29, 1.82) is 0 Å². The summed E-state index contributed by atoms with van der Waals surface area (Å²) in [6.07, 6.45) is 8.62. The van der Waals surface area contributed by atoms with E-state index >= 15 is 0 Å². The van der Waals surface area contributed by atoms with Crippen LogP contribution in [0.5, 0.6) is 0 Å². The summed E-state index contributed by atoms with van der Waals surface area (Å²) in [7, 11) is 0. The molecule has 1 aromatic rings. The fourth-order valence-electron chi connectivity index (χ4n) is 1.26. The van der Waals surface area contributed by atoms with Gasteiger partial charge in [-0.15, -0.1) is 6.58 Å². The lowest BCUT2D eigenvalue weighted by Gasteiger charge is -2.00. The Morgan fingerprint density at radius 3 is 2.71 bits per heavy atom. The van der Waals surface area contributed by atoms with E-state index in [-0.39, 0.29) is 0 Å². The standard InChI is InChI=1S/C15H18O2/c1-2-8-15(16)11-6-7-12-17-13-14-9-4-3-5-10-14/h2-7,9-12,15-16H,1,8,13H2/b11-6-,12-7+/t15-/m0/s1. The number of rotatable bonds is 7. The van der Waals surface area contributed by atoms with Crippen LogP contribution in [0.2, 0.25) is 0 Å². The van der Waals surface area contributed by atoms with Gasteiger partial charge in [0.2, 0.25) is 0 Å². The van der Waals surface area contributed by atoms with Crippen LogP contribution in [0.4, 0.5) is 0 Å². The van der Waals surface area contributed by atoms with Gasteiger partial charge in [0, 0.05) is 0 Å². The largest absolute Gasteiger partial charge is 0.497 e. The highest BCUT2D eigenvalue weighted by Crippen LogP contribution is 2.00. The summed E-state index contributed by atoms with van der Waals surface area (Å²) in [6.45, 7) is 4.11. The molecule has 0 aliphatic rings. The Kier molecular flexibility index (Phi) is 6.53. The van der Waals surface area contributed by atoms with Crippen LogP contribution >= 0.6 is 0 Å². The van der Waals surface area contributed by atoms with Crippen molar-refractivity contribution in [3.63, 3.8) is 0 Å². The van der Waals surface area contributed by atoms with Gasteiger partial charge in [0.05, 0.1) is 12.4 Å². The van der Waals surface area contributed by atoms with Crippen LogP contribution < -0.4 is 0 Å². The summed E-state index contributed by atoms with van der Waals surface area (Å²) < 4.78 is 5.33. The van der Waals surface area contributed by atoms with E-state index in [2.05, 4.69) is 6.58 Å². The van der Waals surface area contributed by atoms with Crippen LogP contribution in [0.25, 0.3) is 0 Å². The first-order valence-electron chi connectivity index (χ1n) is 5.60. The third-order valence-corrected chi connectivity index (χ3v) is 2.12. The quantitative estimate of drug-likeness (QED) is 0.443. The molecule has 0 spiro atoms. The predicted molar refractivity (Wildman–Crippen MR) is 70.3 cm³/mol. The van der Waals surface area contributed by atoms with Gasteiger partial charge in [0.1, 0.15) is 6.61 Å². The number of hydrogen-bond donors (Lipinski definition) is 1. The van der Waals surface area contributed by atoms with Crippen molar-refractivity contribution in [2.75, 3.05) is 0 Å². The van der Waals surface area contributed by atoms with Crippen LogP contribution in [-0.2, 0) is 11.3 Å². The first-order valence-corrected chi connectivity index (χ1v) is 5.60. The predicted octanol–water partition coefficient (Wildman–Crippen LogP) is 3.21. The highest BCUT2D eigenvalue weighted by molar-refractivity contribution is 5.13. The fourth-order valence-corrected chi connectivity index (χ4v) is 1.26. The summed E-state index contributed by atoms with van der Waals surface area (Å²) >= 11 is 0. The molecule has 2 nitrogen and oxygen atoms in total. The molecule has 1 aromatic carbocycles. The minimum atomic E-state index is -0.466. The normalized spacial score (nSPS) is 13.0. The summed E-state index contributed by atoms with van der Waals surface area (Å²) in [5.74, 6) is 0. The second kappa shape index (κ2) is 8.36. The zero-order chi connectivity index (χ0) is 12.3. The van der Waals surface area contributed by atoms with Crippen LogP contribution in [0.15, 0.2) is 67.5 Å². The van der Waals surface area contributed by atoms with Crippen LogP contribution in [0.3, 0.4) is 0 Å². The lowest BCUT2D eigenvalue weighted by atomic mass is 10.2. The second-order valence-corrected chi connectivity index (χ2v) is 3.60. The molecule has 0 fully saturated rings. The summed E-state index contributed by atoms with van der Waals surface area (Å²) in [5.41, 5.74) is 1.13. The summed E-state index contributed by atoms with van der Waals surface area (Å²) in [5, 5.41) is 9.35. The number of hydrogen-bond acceptors (Lipinski definition) is 2. The number of ether oxygens (including phenoxy) is 1. The van der Waals surface area contributed by atoms with Crippen molar-refractivity contribution >= 4 is 0 Å². The van der Waals surface area contributed by atoms with E-state index in [4.69, 9.17) is 4.74 Å². The molecule has 0 aliphatic carbocycles. The van der Waals surface area contributed by atoms with E-state index < -0.39 is 6.10 Å². The Hall–Kier alpha value is -1.80. The van der Waals surface area contributed by atoms with E-state index in [9.17, 15) is 5.11 Å². The molecule has 0 heterocycles. The minimum absolute atomic E-state index is 0.466. The van der Waals surface area contributed by atoms with E-state index in [1.807, 2.05) is 30.3 Å². The minimum Gasteiger partial charge on any atom is -0.497 e. The molecule has 0 unspecified atom stereocenters. The number of aliphatic hydroxyl groups excluding tert-OH is 1. The molecule has 0 aromatic heterocycles. The second-order valence-electron chi connectivity index (χ2n) is 3.60. The lowest BCUT2D eigenvalue weighted by molar-refractivity contribution is 0.226. The molecule has 1 atom stereocenters. The Balaban J connectivity index is 2.20. The Morgan fingerprint density at radius 1 is 1.24 bits per heavy atom. The molecule has 0 radical (unpaired) electrons. The van der Waals surface area contributed by atoms with E-state index in [1.54, 1.807) is 30.6 Å². The zero-order valence-corrected chi connectivity index (χ0v) is 9.83. The van der Waals surface area contributed by atoms with Crippen LogP contribution in [-0.4, -0.2) is 11.2 Å². The van der Waals surface area contributed by atoms with Gasteiger partial charge >= 0.3 is 0 Å². The molecule has 2 heteroatoms. The van der Waals surface area contributed by atoms with E-state index in [0.29, 0.717) is 13.0 Å². The van der Waals surface area contributed by atoms with Gasteiger partial charge in [-0.3, -0.25) is 0 Å². The van der Waals surface area contributed by atoms with Crippen molar-refractivity contribution in [3.05, 3.63) is 73.0 Å². The third-order valence-electron chi connectivity index (χ3n) is 2.12. The number of benzene rings is 1. The summed E-state index contributed by atoms with van der Waals surface area (Å²) in [4.78, 5) is 0. The molecule has 1 rings (SSSR count). The third kappa shape index (κ3) is 6.38. The average molecular weight is 230 g/mol.